The molecule has 0 aliphatic heterocycles. The second-order valence-electron chi connectivity index (χ2n) is 8.53. The maximum absolute atomic E-state index is 11.2. The molecule has 0 aromatic rings. The zero-order valence-corrected chi connectivity index (χ0v) is 22.5. The molecule has 1 N–H and O–H groups in total. The van der Waals surface area contributed by atoms with E-state index in [2.05, 4.69) is 6.92 Å². The largest absolute Gasteiger partial charge is 1.00 e. The van der Waals surface area contributed by atoms with Gasteiger partial charge in [-0.05, 0) is 19.3 Å². The van der Waals surface area contributed by atoms with E-state index in [1.54, 1.807) is 0 Å². The van der Waals surface area contributed by atoms with Gasteiger partial charge in [0.25, 0.3) is 0 Å². The van der Waals surface area contributed by atoms with Gasteiger partial charge in [-0.3, -0.25) is 0 Å². The average molecular weight is 443 g/mol. The summed E-state index contributed by atoms with van der Waals surface area (Å²) in [4.78, 5) is 0. The minimum Gasteiger partial charge on any atom is -0.748 e. The molecule has 29 heavy (non-hydrogen) atoms. The van der Waals surface area contributed by atoms with Gasteiger partial charge in [0.2, 0.25) is 0 Å². The topological polar surface area (TPSA) is 77.4 Å². The summed E-state index contributed by atoms with van der Waals surface area (Å²) in [6, 6.07) is 0. The van der Waals surface area contributed by atoms with Crippen molar-refractivity contribution in [3.05, 3.63) is 0 Å². The van der Waals surface area contributed by atoms with Crippen LogP contribution in [0.25, 0.3) is 0 Å². The van der Waals surface area contributed by atoms with Crippen LogP contribution in [-0.4, -0.2) is 29.4 Å². The van der Waals surface area contributed by atoms with Crippen molar-refractivity contribution in [3.8, 4) is 0 Å². The first kappa shape index (κ1) is 32.1. The Kier molecular flexibility index (Phi) is 24.4. The van der Waals surface area contributed by atoms with Gasteiger partial charge in [0.1, 0.15) is 0 Å². The Morgan fingerprint density at radius 3 is 1.38 bits per heavy atom. The minimum absolute atomic E-state index is 0. The maximum Gasteiger partial charge on any atom is 1.00 e. The van der Waals surface area contributed by atoms with Crippen molar-refractivity contribution >= 4 is 10.1 Å². The standard InChI is InChI=1S/C23H48O4S.Na/c1-3-5-6-7-8-9-10-11-12-13-14-15-16-17-18-20-22(24)21-23(19-4-2)28(25,26)27;/h22-24H,3-21H2,1-2H3,(H,25,26,27);/q;+1/p-1. The van der Waals surface area contributed by atoms with E-state index >= 15 is 0 Å². The van der Waals surface area contributed by atoms with Crippen molar-refractivity contribution in [1.29, 1.82) is 0 Å². The van der Waals surface area contributed by atoms with Crippen LogP contribution in [0.3, 0.4) is 0 Å². The van der Waals surface area contributed by atoms with E-state index in [0.717, 1.165) is 12.8 Å². The van der Waals surface area contributed by atoms with Crippen LogP contribution in [0.5, 0.6) is 0 Å². The van der Waals surface area contributed by atoms with Gasteiger partial charge in [0.15, 0.2) is 0 Å². The van der Waals surface area contributed by atoms with E-state index in [-0.39, 0.29) is 36.0 Å². The molecule has 0 bridgehead atoms. The van der Waals surface area contributed by atoms with Crippen molar-refractivity contribution in [2.45, 2.75) is 147 Å². The second-order valence-corrected chi connectivity index (χ2v) is 10.2. The summed E-state index contributed by atoms with van der Waals surface area (Å²) in [6.45, 7) is 4.12. The molecule has 6 heteroatoms. The van der Waals surface area contributed by atoms with Gasteiger partial charge in [-0.15, -0.1) is 0 Å². The van der Waals surface area contributed by atoms with E-state index in [1.165, 1.54) is 83.5 Å². The average Bonchev–Trinajstić information content (AvgIpc) is 2.63. The zero-order valence-electron chi connectivity index (χ0n) is 19.7. The molecule has 0 fully saturated rings. The molecule has 0 radical (unpaired) electrons. The van der Waals surface area contributed by atoms with Crippen molar-refractivity contribution in [3.63, 3.8) is 0 Å². The molecule has 0 rings (SSSR count). The van der Waals surface area contributed by atoms with Crippen LogP contribution in [-0.2, 0) is 10.1 Å². The predicted molar refractivity (Wildman–Crippen MR) is 119 cm³/mol. The van der Waals surface area contributed by atoms with Gasteiger partial charge in [0.05, 0.1) is 21.5 Å². The molecule has 0 saturated carbocycles. The fraction of sp³-hybridized carbons (Fsp3) is 1.00. The summed E-state index contributed by atoms with van der Waals surface area (Å²) >= 11 is 0. The number of rotatable bonds is 21. The fourth-order valence-electron chi connectivity index (χ4n) is 3.87. The molecule has 0 spiro atoms. The third kappa shape index (κ3) is 21.9. The summed E-state index contributed by atoms with van der Waals surface area (Å²) in [7, 11) is -4.29. The van der Waals surface area contributed by atoms with Gasteiger partial charge in [-0.2, -0.15) is 0 Å². The third-order valence-corrected chi connectivity index (χ3v) is 6.94. The van der Waals surface area contributed by atoms with Gasteiger partial charge >= 0.3 is 29.6 Å². The smallest absolute Gasteiger partial charge is 0.748 e. The molecule has 0 saturated heterocycles. The number of aliphatic hydroxyl groups excluding tert-OH is 1. The summed E-state index contributed by atoms with van der Waals surface area (Å²) in [5.74, 6) is 0. The molecule has 2 atom stereocenters. The molecule has 4 nitrogen and oxygen atoms in total. The van der Waals surface area contributed by atoms with Gasteiger partial charge in [-0.1, -0.05) is 117 Å². The summed E-state index contributed by atoms with van der Waals surface area (Å²) in [6.07, 6.45) is 20.6. The predicted octanol–water partition coefficient (Wildman–Crippen LogP) is 3.72. The first-order valence-corrected chi connectivity index (χ1v) is 13.5. The van der Waals surface area contributed by atoms with Crippen LogP contribution >= 0.6 is 0 Å². The molecule has 0 aliphatic carbocycles. The molecular weight excluding hydrogens is 395 g/mol. The van der Waals surface area contributed by atoms with Crippen LogP contribution in [0.2, 0.25) is 0 Å². The van der Waals surface area contributed by atoms with E-state index < -0.39 is 21.5 Å². The summed E-state index contributed by atoms with van der Waals surface area (Å²) in [5, 5.41) is 9.08. The summed E-state index contributed by atoms with van der Waals surface area (Å²) in [5.41, 5.74) is 0. The Balaban J connectivity index is 0. The Morgan fingerprint density at radius 1 is 0.655 bits per heavy atom. The van der Waals surface area contributed by atoms with Gasteiger partial charge in [0, 0.05) is 0 Å². The maximum atomic E-state index is 11.2. The van der Waals surface area contributed by atoms with Crippen molar-refractivity contribution in [2.75, 3.05) is 0 Å². The first-order valence-electron chi connectivity index (χ1n) is 12.0. The molecule has 0 heterocycles. The van der Waals surface area contributed by atoms with Crippen molar-refractivity contribution in [2.24, 2.45) is 0 Å². The first-order chi connectivity index (χ1) is 13.4. The molecular formula is C23H47NaO4S. The minimum atomic E-state index is -4.29. The van der Waals surface area contributed by atoms with Crippen LogP contribution in [0.1, 0.15) is 136 Å². The quantitative estimate of drug-likeness (QED) is 0.167. The SMILES string of the molecule is CCCCCCCCCCCCCCCCCC(O)CC(CCC)S(=O)(=O)[O-].[Na+]. The molecule has 0 aliphatic rings. The van der Waals surface area contributed by atoms with Crippen molar-refractivity contribution < 1.29 is 47.6 Å². The fourth-order valence-corrected chi connectivity index (χ4v) is 4.86. The Hall–Kier alpha value is 0.870. The monoisotopic (exact) mass is 442 g/mol. The normalized spacial score (nSPS) is 13.8. The van der Waals surface area contributed by atoms with Gasteiger partial charge in [-0.25, -0.2) is 8.42 Å². The second kappa shape index (κ2) is 22.1. The Morgan fingerprint density at radius 2 is 1.03 bits per heavy atom. The van der Waals surface area contributed by atoms with Gasteiger partial charge < -0.3 is 9.66 Å². The van der Waals surface area contributed by atoms with E-state index in [9.17, 15) is 18.1 Å². The number of hydrogen-bond donors (Lipinski definition) is 1. The van der Waals surface area contributed by atoms with Crippen LogP contribution in [0, 0.1) is 0 Å². The van der Waals surface area contributed by atoms with E-state index in [1.807, 2.05) is 6.92 Å². The molecule has 2 unspecified atom stereocenters. The third-order valence-electron chi connectivity index (χ3n) is 5.69. The number of aliphatic hydroxyl groups is 1. The molecule has 170 valence electrons. The van der Waals surface area contributed by atoms with Crippen LogP contribution in [0.15, 0.2) is 0 Å². The van der Waals surface area contributed by atoms with Crippen LogP contribution in [0.4, 0.5) is 0 Å². The number of unbranched alkanes of at least 4 members (excludes halogenated alkanes) is 14. The Bertz CT molecular complexity index is 429. The molecule has 0 aromatic heterocycles. The molecule has 0 aromatic carbocycles. The summed E-state index contributed by atoms with van der Waals surface area (Å²) < 4.78 is 33.6. The van der Waals surface area contributed by atoms with E-state index in [0.29, 0.717) is 19.3 Å². The van der Waals surface area contributed by atoms with Crippen LogP contribution < -0.4 is 29.6 Å². The van der Waals surface area contributed by atoms with Crippen molar-refractivity contribution in [1.82, 2.24) is 0 Å². The number of hydrogen-bond acceptors (Lipinski definition) is 4. The molecule has 0 amide bonds. The zero-order chi connectivity index (χ0) is 21.1. The van der Waals surface area contributed by atoms with E-state index in [4.69, 9.17) is 0 Å². The Labute approximate surface area is 204 Å².